The SMILES string of the molecule is O=C(O)CC=Cc1ccc(O)c2c1[C@H](C(=O)O)[C@@H](c1ccc(O)c(O)c1)O2. The van der Waals surface area contributed by atoms with Gasteiger partial charge in [-0.05, 0) is 29.3 Å². The Kier molecular flexibility index (Phi) is 4.64. The maximum Gasteiger partial charge on any atom is 0.315 e. The van der Waals surface area contributed by atoms with Crippen molar-refractivity contribution in [1.29, 1.82) is 0 Å². The highest BCUT2D eigenvalue weighted by molar-refractivity contribution is 5.84. The summed E-state index contributed by atoms with van der Waals surface area (Å²) >= 11 is 0. The molecule has 140 valence electrons. The van der Waals surface area contributed by atoms with E-state index >= 15 is 0 Å². The van der Waals surface area contributed by atoms with Gasteiger partial charge in [-0.1, -0.05) is 24.3 Å². The third-order valence-electron chi connectivity index (χ3n) is 4.25. The summed E-state index contributed by atoms with van der Waals surface area (Å²) in [6.45, 7) is 0. The summed E-state index contributed by atoms with van der Waals surface area (Å²) < 4.78 is 5.69. The van der Waals surface area contributed by atoms with Gasteiger partial charge in [-0.2, -0.15) is 0 Å². The van der Waals surface area contributed by atoms with Gasteiger partial charge in [-0.25, -0.2) is 0 Å². The van der Waals surface area contributed by atoms with Crippen LogP contribution in [-0.4, -0.2) is 37.5 Å². The molecule has 0 spiro atoms. The van der Waals surface area contributed by atoms with Gasteiger partial charge < -0.3 is 30.3 Å². The third kappa shape index (κ3) is 3.37. The lowest BCUT2D eigenvalue weighted by Gasteiger charge is -2.17. The number of phenolic OH excluding ortho intramolecular Hbond substituents is 3. The number of aromatic hydroxyl groups is 3. The fraction of sp³-hybridized carbons (Fsp3) is 0.158. The zero-order valence-corrected chi connectivity index (χ0v) is 13.9. The molecular formula is C19H16O8. The van der Waals surface area contributed by atoms with Crippen LogP contribution in [0.4, 0.5) is 0 Å². The van der Waals surface area contributed by atoms with Crippen LogP contribution in [0.25, 0.3) is 6.08 Å². The predicted molar refractivity (Wildman–Crippen MR) is 92.9 cm³/mol. The highest BCUT2D eigenvalue weighted by Crippen LogP contribution is 2.52. The first-order chi connectivity index (χ1) is 12.8. The average Bonchev–Trinajstić information content (AvgIpc) is 3.01. The molecule has 0 fully saturated rings. The van der Waals surface area contributed by atoms with Crippen molar-refractivity contribution in [1.82, 2.24) is 0 Å². The number of ether oxygens (including phenoxy) is 1. The molecule has 2 atom stereocenters. The second-order valence-electron chi connectivity index (χ2n) is 6.02. The summed E-state index contributed by atoms with van der Waals surface area (Å²) in [4.78, 5) is 22.6. The van der Waals surface area contributed by atoms with Crippen molar-refractivity contribution in [3.05, 3.63) is 53.1 Å². The number of carboxylic acids is 2. The first kappa shape index (κ1) is 18.1. The highest BCUT2D eigenvalue weighted by Gasteiger charge is 2.43. The number of benzene rings is 2. The van der Waals surface area contributed by atoms with E-state index < -0.39 is 29.7 Å². The van der Waals surface area contributed by atoms with Gasteiger partial charge in [0.15, 0.2) is 23.0 Å². The van der Waals surface area contributed by atoms with E-state index in [9.17, 15) is 30.0 Å². The van der Waals surface area contributed by atoms with Gasteiger partial charge in [0.2, 0.25) is 0 Å². The van der Waals surface area contributed by atoms with Gasteiger partial charge in [0.25, 0.3) is 0 Å². The molecule has 8 nitrogen and oxygen atoms in total. The number of hydrogen-bond donors (Lipinski definition) is 5. The van der Waals surface area contributed by atoms with E-state index in [4.69, 9.17) is 9.84 Å². The molecule has 2 aromatic carbocycles. The standard InChI is InChI=1S/C19H16O8/c20-11-6-5-10(8-13(11)22)17-16(19(25)26)15-9(2-1-3-14(23)24)4-7-12(21)18(15)27-17/h1-2,4-8,16-17,20-22H,3H2,(H,23,24)(H,25,26)/t16-,17+/m0/s1. The largest absolute Gasteiger partial charge is 0.504 e. The van der Waals surface area contributed by atoms with Crippen LogP contribution in [0.15, 0.2) is 36.4 Å². The van der Waals surface area contributed by atoms with E-state index in [-0.39, 0.29) is 29.2 Å². The molecule has 1 aliphatic rings. The monoisotopic (exact) mass is 372 g/mol. The van der Waals surface area contributed by atoms with E-state index in [1.165, 1.54) is 42.5 Å². The minimum Gasteiger partial charge on any atom is -0.504 e. The maximum atomic E-state index is 12.0. The predicted octanol–water partition coefficient (Wildman–Crippen LogP) is 2.59. The van der Waals surface area contributed by atoms with Gasteiger partial charge in [0.05, 0.1) is 6.42 Å². The molecule has 2 aromatic rings. The number of carboxylic acid groups (broad SMARTS) is 2. The molecule has 0 radical (unpaired) electrons. The Morgan fingerprint density at radius 2 is 1.70 bits per heavy atom. The van der Waals surface area contributed by atoms with Crippen LogP contribution in [-0.2, 0) is 9.59 Å². The van der Waals surface area contributed by atoms with Gasteiger partial charge in [0, 0.05) is 5.56 Å². The zero-order valence-electron chi connectivity index (χ0n) is 13.9. The molecule has 8 heteroatoms. The third-order valence-corrected chi connectivity index (χ3v) is 4.25. The normalized spacial score (nSPS) is 18.2. The van der Waals surface area contributed by atoms with Crippen molar-refractivity contribution < 1.29 is 39.9 Å². The first-order valence-corrected chi connectivity index (χ1v) is 7.95. The van der Waals surface area contributed by atoms with Crippen molar-refractivity contribution in [2.75, 3.05) is 0 Å². The highest BCUT2D eigenvalue weighted by atomic mass is 16.5. The van der Waals surface area contributed by atoms with Crippen molar-refractivity contribution >= 4 is 18.0 Å². The number of aliphatic carboxylic acids is 2. The van der Waals surface area contributed by atoms with Gasteiger partial charge >= 0.3 is 11.9 Å². The van der Waals surface area contributed by atoms with Crippen molar-refractivity contribution in [2.24, 2.45) is 0 Å². The summed E-state index contributed by atoms with van der Waals surface area (Å²) in [5.74, 6) is -4.52. The molecule has 5 N–H and O–H groups in total. The molecule has 0 bridgehead atoms. The minimum atomic E-state index is -1.22. The molecule has 0 aromatic heterocycles. The number of phenols is 3. The Balaban J connectivity index is 2.09. The Labute approximate surface area is 153 Å². The molecule has 0 saturated carbocycles. The molecule has 0 aliphatic carbocycles. The lowest BCUT2D eigenvalue weighted by molar-refractivity contribution is -0.140. The summed E-state index contributed by atoms with van der Waals surface area (Å²) in [5.41, 5.74) is 0.914. The second kappa shape index (κ2) is 6.91. The number of hydrogen-bond acceptors (Lipinski definition) is 6. The Morgan fingerprint density at radius 1 is 1.00 bits per heavy atom. The van der Waals surface area contributed by atoms with Gasteiger partial charge in [-0.3, -0.25) is 9.59 Å². The van der Waals surface area contributed by atoms with E-state index in [0.717, 1.165) is 0 Å². The molecule has 0 unspecified atom stereocenters. The van der Waals surface area contributed by atoms with Crippen molar-refractivity contribution in [3.63, 3.8) is 0 Å². The average molecular weight is 372 g/mol. The van der Waals surface area contributed by atoms with E-state index in [1.807, 2.05) is 0 Å². The quantitative estimate of drug-likeness (QED) is 0.504. The van der Waals surface area contributed by atoms with Crippen LogP contribution in [0.5, 0.6) is 23.0 Å². The molecular weight excluding hydrogens is 356 g/mol. The maximum absolute atomic E-state index is 12.0. The van der Waals surface area contributed by atoms with Crippen molar-refractivity contribution in [2.45, 2.75) is 18.4 Å². The fourth-order valence-corrected chi connectivity index (χ4v) is 3.06. The molecule has 0 amide bonds. The van der Waals surface area contributed by atoms with Gasteiger partial charge in [-0.15, -0.1) is 0 Å². The Morgan fingerprint density at radius 3 is 2.33 bits per heavy atom. The van der Waals surface area contributed by atoms with Crippen LogP contribution in [0, 0.1) is 0 Å². The van der Waals surface area contributed by atoms with Crippen molar-refractivity contribution in [3.8, 4) is 23.0 Å². The molecule has 0 saturated heterocycles. The smallest absolute Gasteiger partial charge is 0.315 e. The van der Waals surface area contributed by atoms with Gasteiger partial charge in [0.1, 0.15) is 12.0 Å². The summed E-state index contributed by atoms with van der Waals surface area (Å²) in [6, 6.07) is 6.62. The summed E-state index contributed by atoms with van der Waals surface area (Å²) in [5, 5.41) is 47.8. The molecule has 1 heterocycles. The second-order valence-corrected chi connectivity index (χ2v) is 6.02. The summed E-state index contributed by atoms with van der Waals surface area (Å²) in [7, 11) is 0. The Bertz CT molecular complexity index is 947. The number of fused-ring (bicyclic) bond motifs is 1. The lowest BCUT2D eigenvalue weighted by Crippen LogP contribution is -2.18. The van der Waals surface area contributed by atoms with Crippen LogP contribution >= 0.6 is 0 Å². The topological polar surface area (TPSA) is 145 Å². The number of rotatable bonds is 5. The molecule has 3 rings (SSSR count). The summed E-state index contributed by atoms with van der Waals surface area (Å²) in [6.07, 6.45) is 1.53. The van der Waals surface area contributed by atoms with Crippen LogP contribution in [0.3, 0.4) is 0 Å². The van der Waals surface area contributed by atoms with E-state index in [2.05, 4.69) is 0 Å². The van der Waals surface area contributed by atoms with Crippen LogP contribution in [0.1, 0.15) is 35.1 Å². The fourth-order valence-electron chi connectivity index (χ4n) is 3.06. The zero-order chi connectivity index (χ0) is 19.7. The van der Waals surface area contributed by atoms with Crippen LogP contribution in [0.2, 0.25) is 0 Å². The minimum absolute atomic E-state index is 0.0163. The molecule has 27 heavy (non-hydrogen) atoms. The molecule has 1 aliphatic heterocycles. The van der Waals surface area contributed by atoms with E-state index in [1.54, 1.807) is 0 Å². The lowest BCUT2D eigenvalue weighted by atomic mass is 9.88. The van der Waals surface area contributed by atoms with Crippen LogP contribution < -0.4 is 4.74 Å². The first-order valence-electron chi connectivity index (χ1n) is 7.95. The number of carbonyl (C=O) groups is 2. The van der Waals surface area contributed by atoms with E-state index in [0.29, 0.717) is 11.1 Å². The Hall–Kier alpha value is -3.68.